The molecule has 5 nitrogen and oxygen atoms in total. The van der Waals surface area contributed by atoms with Crippen molar-refractivity contribution in [3.63, 3.8) is 0 Å². The van der Waals surface area contributed by atoms with Crippen molar-refractivity contribution in [2.45, 2.75) is 26.2 Å². The van der Waals surface area contributed by atoms with Gasteiger partial charge in [-0.3, -0.25) is 0 Å². The van der Waals surface area contributed by atoms with Crippen LogP contribution < -0.4 is 20.1 Å². The maximum atomic E-state index is 11.9. The molecule has 0 saturated carbocycles. The van der Waals surface area contributed by atoms with Crippen molar-refractivity contribution < 1.29 is 14.3 Å². The van der Waals surface area contributed by atoms with E-state index in [9.17, 15) is 4.79 Å². The van der Waals surface area contributed by atoms with Crippen LogP contribution in [0.1, 0.15) is 24.5 Å². The molecule has 2 N–H and O–H groups in total. The largest absolute Gasteiger partial charge is 0.493 e. The average molecular weight is 262 g/mol. The van der Waals surface area contributed by atoms with Crippen molar-refractivity contribution in [2.75, 3.05) is 25.1 Å². The lowest BCUT2D eigenvalue weighted by molar-refractivity contribution is 0.252. The number of hydrogen-bond acceptors (Lipinski definition) is 3. The van der Waals surface area contributed by atoms with Crippen LogP contribution in [0.15, 0.2) is 6.07 Å². The second-order valence-electron chi connectivity index (χ2n) is 4.79. The Morgan fingerprint density at radius 1 is 1.32 bits per heavy atom. The fourth-order valence-corrected chi connectivity index (χ4v) is 2.51. The summed E-state index contributed by atoms with van der Waals surface area (Å²) in [7, 11) is 0. The minimum Gasteiger partial charge on any atom is -0.493 e. The van der Waals surface area contributed by atoms with E-state index in [0.29, 0.717) is 19.8 Å². The normalized spacial score (nSPS) is 15.2. The maximum absolute atomic E-state index is 11.9. The van der Waals surface area contributed by atoms with Gasteiger partial charge in [0.15, 0.2) is 0 Å². The number of hydrogen-bond donors (Lipinski definition) is 2. The summed E-state index contributed by atoms with van der Waals surface area (Å²) in [4.78, 5) is 11.9. The van der Waals surface area contributed by atoms with E-state index >= 15 is 0 Å². The number of ether oxygens (including phenoxy) is 2. The molecule has 0 radical (unpaired) electrons. The lowest BCUT2D eigenvalue weighted by Gasteiger charge is -2.14. The lowest BCUT2D eigenvalue weighted by atomic mass is 10.0. The van der Waals surface area contributed by atoms with Gasteiger partial charge < -0.3 is 20.1 Å². The molecule has 0 saturated heterocycles. The molecule has 19 heavy (non-hydrogen) atoms. The Morgan fingerprint density at radius 3 is 3.00 bits per heavy atom. The van der Waals surface area contributed by atoms with Crippen molar-refractivity contribution in [3.05, 3.63) is 17.2 Å². The number of carbonyl (C=O) groups excluding carboxylic acids is 1. The Kier molecular flexibility index (Phi) is 3.19. The minimum absolute atomic E-state index is 0.181. The third-order valence-corrected chi connectivity index (χ3v) is 3.42. The van der Waals surface area contributed by atoms with E-state index in [4.69, 9.17) is 9.47 Å². The molecule has 0 bridgehead atoms. The first-order valence-corrected chi connectivity index (χ1v) is 6.78. The van der Waals surface area contributed by atoms with Gasteiger partial charge in [-0.2, -0.15) is 0 Å². The standard InChI is InChI=1S/C14H18N2O3/c1-2-5-15-14(17)16-12-10-4-7-18-11(10)8-9-3-6-19-13(9)12/h8H,2-7H2,1H3,(H2,15,16,17). The predicted octanol–water partition coefficient (Wildman–Crippen LogP) is 2.09. The van der Waals surface area contributed by atoms with Gasteiger partial charge in [-0.25, -0.2) is 4.79 Å². The second kappa shape index (κ2) is 4.99. The molecule has 0 aromatic heterocycles. The number of benzene rings is 1. The van der Waals surface area contributed by atoms with E-state index in [1.807, 2.05) is 13.0 Å². The molecule has 0 aliphatic carbocycles. The monoisotopic (exact) mass is 262 g/mol. The van der Waals surface area contributed by atoms with E-state index in [1.165, 1.54) is 0 Å². The molecule has 0 spiro atoms. The molecule has 2 heterocycles. The highest BCUT2D eigenvalue weighted by Crippen LogP contribution is 2.44. The summed E-state index contributed by atoms with van der Waals surface area (Å²) in [6.07, 6.45) is 2.60. The second-order valence-corrected chi connectivity index (χ2v) is 4.79. The molecule has 0 unspecified atom stereocenters. The molecule has 2 amide bonds. The van der Waals surface area contributed by atoms with Crippen LogP contribution in [0.3, 0.4) is 0 Å². The maximum Gasteiger partial charge on any atom is 0.319 e. The SMILES string of the molecule is CCCNC(=O)Nc1c2c(cc3c1OCC3)OCC2. The molecule has 1 aromatic carbocycles. The zero-order chi connectivity index (χ0) is 13.2. The van der Waals surface area contributed by atoms with Crippen molar-refractivity contribution in [1.82, 2.24) is 5.32 Å². The van der Waals surface area contributed by atoms with E-state index in [0.717, 1.165) is 47.6 Å². The molecule has 5 heteroatoms. The van der Waals surface area contributed by atoms with Crippen LogP contribution in [0, 0.1) is 0 Å². The highest BCUT2D eigenvalue weighted by molar-refractivity contribution is 5.93. The topological polar surface area (TPSA) is 59.6 Å². The zero-order valence-electron chi connectivity index (χ0n) is 11.0. The number of amides is 2. The highest BCUT2D eigenvalue weighted by Gasteiger charge is 2.27. The van der Waals surface area contributed by atoms with Crippen molar-refractivity contribution in [3.8, 4) is 11.5 Å². The fraction of sp³-hybridized carbons (Fsp3) is 0.500. The Labute approximate surface area is 112 Å². The van der Waals surface area contributed by atoms with Gasteiger partial charge in [-0.05, 0) is 12.5 Å². The van der Waals surface area contributed by atoms with E-state index in [2.05, 4.69) is 10.6 Å². The molecule has 102 valence electrons. The summed E-state index contributed by atoms with van der Waals surface area (Å²) >= 11 is 0. The van der Waals surface area contributed by atoms with Crippen molar-refractivity contribution in [1.29, 1.82) is 0 Å². The first-order chi connectivity index (χ1) is 9.29. The molecular weight excluding hydrogens is 244 g/mol. The molecule has 1 aromatic rings. The Balaban J connectivity index is 1.89. The van der Waals surface area contributed by atoms with Crippen LogP contribution in [0.25, 0.3) is 0 Å². The summed E-state index contributed by atoms with van der Waals surface area (Å²) < 4.78 is 11.3. The molecular formula is C14H18N2O3. The number of fused-ring (bicyclic) bond motifs is 2. The van der Waals surface area contributed by atoms with Crippen molar-refractivity contribution >= 4 is 11.7 Å². The zero-order valence-corrected chi connectivity index (χ0v) is 11.0. The average Bonchev–Trinajstić information content (AvgIpc) is 3.04. The minimum atomic E-state index is -0.181. The van der Waals surface area contributed by atoms with E-state index in [1.54, 1.807) is 0 Å². The summed E-state index contributed by atoms with van der Waals surface area (Å²) in [5, 5.41) is 5.74. The van der Waals surface area contributed by atoms with Gasteiger partial charge >= 0.3 is 6.03 Å². The summed E-state index contributed by atoms with van der Waals surface area (Å²) in [6.45, 7) is 4.03. The van der Waals surface area contributed by atoms with Crippen LogP contribution in [-0.4, -0.2) is 25.8 Å². The third kappa shape index (κ3) is 2.20. The van der Waals surface area contributed by atoms with Gasteiger partial charge in [-0.15, -0.1) is 0 Å². The predicted molar refractivity (Wildman–Crippen MR) is 72.2 cm³/mol. The van der Waals surface area contributed by atoms with Gasteiger partial charge in [0.1, 0.15) is 11.5 Å². The summed E-state index contributed by atoms with van der Waals surface area (Å²) in [6, 6.07) is 1.86. The molecule has 3 rings (SSSR count). The number of nitrogens with one attached hydrogen (secondary N) is 2. The van der Waals surface area contributed by atoms with E-state index < -0.39 is 0 Å². The first-order valence-electron chi connectivity index (χ1n) is 6.78. The molecule has 0 fully saturated rings. The molecule has 2 aliphatic heterocycles. The Hall–Kier alpha value is -1.91. The van der Waals surface area contributed by atoms with Gasteiger partial charge in [0.2, 0.25) is 0 Å². The third-order valence-electron chi connectivity index (χ3n) is 3.42. The lowest BCUT2D eigenvalue weighted by Crippen LogP contribution is -2.29. The first kappa shape index (κ1) is 12.1. The van der Waals surface area contributed by atoms with Gasteiger partial charge in [-0.1, -0.05) is 6.92 Å². The van der Waals surface area contributed by atoms with Crippen LogP contribution in [0.5, 0.6) is 11.5 Å². The Bertz CT molecular complexity index is 482. The van der Waals surface area contributed by atoms with Crippen molar-refractivity contribution in [2.24, 2.45) is 0 Å². The van der Waals surface area contributed by atoms with Crippen LogP contribution >= 0.6 is 0 Å². The quantitative estimate of drug-likeness (QED) is 0.877. The van der Waals surface area contributed by atoms with Gasteiger partial charge in [0.25, 0.3) is 0 Å². The van der Waals surface area contributed by atoms with E-state index in [-0.39, 0.29) is 6.03 Å². The van der Waals surface area contributed by atoms with Crippen LogP contribution in [0.2, 0.25) is 0 Å². The highest BCUT2D eigenvalue weighted by atomic mass is 16.5. The number of anilines is 1. The fourth-order valence-electron chi connectivity index (χ4n) is 2.51. The smallest absolute Gasteiger partial charge is 0.319 e. The molecule has 0 atom stereocenters. The van der Waals surface area contributed by atoms with Gasteiger partial charge in [0, 0.05) is 30.5 Å². The Morgan fingerprint density at radius 2 is 2.16 bits per heavy atom. The summed E-state index contributed by atoms with van der Waals surface area (Å²) in [5.74, 6) is 1.70. The number of urea groups is 1. The summed E-state index contributed by atoms with van der Waals surface area (Å²) in [5.41, 5.74) is 2.95. The van der Waals surface area contributed by atoms with Crippen LogP contribution in [-0.2, 0) is 12.8 Å². The number of rotatable bonds is 3. The van der Waals surface area contributed by atoms with Crippen LogP contribution in [0.4, 0.5) is 10.5 Å². The number of carbonyl (C=O) groups is 1. The molecule has 2 aliphatic rings. The van der Waals surface area contributed by atoms with Gasteiger partial charge in [0.05, 0.1) is 18.9 Å².